The van der Waals surface area contributed by atoms with Crippen LogP contribution in [0.1, 0.15) is 45.0 Å². The molecule has 2 aromatic rings. The van der Waals surface area contributed by atoms with Gasteiger partial charge in [-0.05, 0) is 50.3 Å². The van der Waals surface area contributed by atoms with Gasteiger partial charge in [-0.25, -0.2) is 4.98 Å². The molecule has 0 amide bonds. The Labute approximate surface area is 131 Å². The van der Waals surface area contributed by atoms with Crippen molar-refractivity contribution in [1.82, 2.24) is 9.55 Å². The zero-order valence-electron chi connectivity index (χ0n) is 13.6. The van der Waals surface area contributed by atoms with Gasteiger partial charge in [-0.2, -0.15) is 0 Å². The zero-order chi connectivity index (χ0) is 15.3. The van der Waals surface area contributed by atoms with E-state index in [0.29, 0.717) is 12.5 Å². The smallest absolute Gasteiger partial charge is 0.136 e. The number of ether oxygens (including phenoxy) is 1. The van der Waals surface area contributed by atoms with E-state index in [9.17, 15) is 0 Å². The van der Waals surface area contributed by atoms with Gasteiger partial charge in [0.25, 0.3) is 0 Å². The topological polar surface area (TPSA) is 39.4 Å². The number of fused-ring (bicyclic) bond motifs is 3. The van der Waals surface area contributed by atoms with Crippen LogP contribution in [-0.2, 0) is 17.9 Å². The number of hydrogen-bond donors (Lipinski definition) is 0. The Morgan fingerprint density at radius 2 is 2.18 bits per heavy atom. The summed E-state index contributed by atoms with van der Waals surface area (Å²) in [5.74, 6) is 1.75. The number of nitrogens with zero attached hydrogens (tertiary/aromatic N) is 3. The third kappa shape index (κ3) is 2.35. The number of hydrogen-bond acceptors (Lipinski definition) is 3. The molecule has 0 radical (unpaired) electrons. The second-order valence-electron chi connectivity index (χ2n) is 7.30. The number of rotatable bonds is 1. The highest BCUT2D eigenvalue weighted by Crippen LogP contribution is 2.28. The molecule has 2 aliphatic heterocycles. The molecule has 0 saturated carbocycles. The lowest BCUT2D eigenvalue weighted by molar-refractivity contribution is -0.0634. The van der Waals surface area contributed by atoms with Gasteiger partial charge >= 0.3 is 0 Å². The van der Waals surface area contributed by atoms with Crippen molar-refractivity contribution in [2.24, 2.45) is 10.9 Å². The van der Waals surface area contributed by atoms with Crippen molar-refractivity contribution in [2.45, 2.75) is 52.4 Å². The SMILES string of the molecule is C[C@H]1CCC(c2ccc3c(c2)nc2n3CC(C)(C)OC2)=NC1. The molecule has 0 aliphatic carbocycles. The molecule has 1 aromatic heterocycles. The summed E-state index contributed by atoms with van der Waals surface area (Å²) < 4.78 is 8.17. The lowest BCUT2D eigenvalue weighted by Crippen LogP contribution is -2.35. The lowest BCUT2D eigenvalue weighted by Gasteiger charge is -2.31. The molecule has 0 N–H and O–H groups in total. The summed E-state index contributed by atoms with van der Waals surface area (Å²) in [7, 11) is 0. The van der Waals surface area contributed by atoms with Crippen molar-refractivity contribution in [3.05, 3.63) is 29.6 Å². The van der Waals surface area contributed by atoms with Crippen LogP contribution in [0.3, 0.4) is 0 Å². The van der Waals surface area contributed by atoms with Crippen LogP contribution >= 0.6 is 0 Å². The summed E-state index contributed by atoms with van der Waals surface area (Å²) >= 11 is 0. The summed E-state index contributed by atoms with van der Waals surface area (Å²) in [6.07, 6.45) is 2.31. The van der Waals surface area contributed by atoms with Crippen LogP contribution in [0, 0.1) is 5.92 Å². The van der Waals surface area contributed by atoms with Gasteiger partial charge < -0.3 is 9.30 Å². The largest absolute Gasteiger partial charge is 0.366 e. The number of benzene rings is 1. The van der Waals surface area contributed by atoms with Crippen LogP contribution in [0.5, 0.6) is 0 Å². The third-order valence-electron chi connectivity index (χ3n) is 4.76. The van der Waals surface area contributed by atoms with E-state index < -0.39 is 0 Å². The molecule has 4 rings (SSSR count). The maximum Gasteiger partial charge on any atom is 0.136 e. The maximum atomic E-state index is 5.87. The normalized spacial score (nSPS) is 24.1. The van der Waals surface area contributed by atoms with E-state index in [1.807, 2.05) is 0 Å². The molecule has 3 heterocycles. The highest BCUT2D eigenvalue weighted by Gasteiger charge is 2.28. The fourth-order valence-electron chi connectivity index (χ4n) is 3.39. The minimum atomic E-state index is -0.122. The first-order valence-electron chi connectivity index (χ1n) is 8.19. The fourth-order valence-corrected chi connectivity index (χ4v) is 3.39. The second-order valence-corrected chi connectivity index (χ2v) is 7.30. The quantitative estimate of drug-likeness (QED) is 0.807. The molecule has 22 heavy (non-hydrogen) atoms. The molecular formula is C18H23N3O. The van der Waals surface area contributed by atoms with E-state index >= 15 is 0 Å². The average molecular weight is 297 g/mol. The molecule has 4 nitrogen and oxygen atoms in total. The number of aromatic nitrogens is 2. The highest BCUT2D eigenvalue weighted by molar-refractivity contribution is 6.03. The van der Waals surface area contributed by atoms with E-state index in [2.05, 4.69) is 43.5 Å². The standard InChI is InChI=1S/C18H23N3O/c1-12-4-6-14(19-9-12)13-5-7-16-15(8-13)20-17-10-22-18(2,3)11-21(16)17/h5,7-8,12H,4,6,9-11H2,1-3H3/t12-/m0/s1. The Hall–Kier alpha value is -1.68. The molecule has 0 saturated heterocycles. The molecule has 4 heteroatoms. The van der Waals surface area contributed by atoms with Gasteiger partial charge in [0.05, 0.1) is 23.2 Å². The van der Waals surface area contributed by atoms with Crippen molar-refractivity contribution in [3.8, 4) is 0 Å². The predicted molar refractivity (Wildman–Crippen MR) is 88.4 cm³/mol. The van der Waals surface area contributed by atoms with E-state index in [0.717, 1.165) is 30.9 Å². The first-order valence-corrected chi connectivity index (χ1v) is 8.19. The average Bonchev–Trinajstić information content (AvgIpc) is 2.84. The van der Waals surface area contributed by atoms with Crippen LogP contribution in [-0.4, -0.2) is 27.4 Å². The van der Waals surface area contributed by atoms with Gasteiger partial charge in [0.1, 0.15) is 12.4 Å². The minimum absolute atomic E-state index is 0.122. The summed E-state index contributed by atoms with van der Waals surface area (Å²) in [6.45, 7) is 8.94. The van der Waals surface area contributed by atoms with Crippen LogP contribution in [0.25, 0.3) is 11.0 Å². The monoisotopic (exact) mass is 297 g/mol. The number of imidazole rings is 1. The van der Waals surface area contributed by atoms with E-state index in [1.54, 1.807) is 0 Å². The molecule has 1 atom stereocenters. The van der Waals surface area contributed by atoms with Gasteiger partial charge in [0.2, 0.25) is 0 Å². The molecule has 2 aliphatic rings. The predicted octanol–water partition coefficient (Wildman–Crippen LogP) is 3.56. The zero-order valence-corrected chi connectivity index (χ0v) is 13.6. The Morgan fingerprint density at radius 3 is 2.95 bits per heavy atom. The molecule has 0 unspecified atom stereocenters. The summed E-state index contributed by atoms with van der Waals surface area (Å²) in [5.41, 5.74) is 4.62. The van der Waals surface area contributed by atoms with Gasteiger partial charge in [0.15, 0.2) is 0 Å². The van der Waals surface area contributed by atoms with Gasteiger partial charge in [-0.1, -0.05) is 13.0 Å². The van der Waals surface area contributed by atoms with Gasteiger partial charge in [-0.15, -0.1) is 0 Å². The minimum Gasteiger partial charge on any atom is -0.366 e. The van der Waals surface area contributed by atoms with Crippen LogP contribution in [0.4, 0.5) is 0 Å². The Bertz CT molecular complexity index is 757. The van der Waals surface area contributed by atoms with Gasteiger partial charge in [-0.3, -0.25) is 4.99 Å². The molecular weight excluding hydrogens is 274 g/mol. The number of aliphatic imine (C=N–C) groups is 1. The Morgan fingerprint density at radius 1 is 1.32 bits per heavy atom. The van der Waals surface area contributed by atoms with Crippen molar-refractivity contribution >= 4 is 16.7 Å². The van der Waals surface area contributed by atoms with E-state index in [1.165, 1.54) is 23.2 Å². The Balaban J connectivity index is 1.74. The van der Waals surface area contributed by atoms with Crippen molar-refractivity contribution in [2.75, 3.05) is 6.54 Å². The Kier molecular flexibility index (Phi) is 3.12. The first kappa shape index (κ1) is 13.9. The van der Waals surface area contributed by atoms with E-state index in [-0.39, 0.29) is 5.60 Å². The fraction of sp³-hybridized carbons (Fsp3) is 0.556. The van der Waals surface area contributed by atoms with Crippen molar-refractivity contribution in [1.29, 1.82) is 0 Å². The lowest BCUT2D eigenvalue weighted by atomic mass is 9.96. The van der Waals surface area contributed by atoms with Crippen LogP contribution in [0.2, 0.25) is 0 Å². The summed E-state index contributed by atoms with van der Waals surface area (Å²) in [6, 6.07) is 6.60. The molecule has 0 spiro atoms. The van der Waals surface area contributed by atoms with Crippen molar-refractivity contribution < 1.29 is 4.74 Å². The molecule has 0 bridgehead atoms. The maximum absolute atomic E-state index is 5.87. The second kappa shape index (κ2) is 4.92. The molecule has 0 fully saturated rings. The van der Waals surface area contributed by atoms with Crippen LogP contribution in [0.15, 0.2) is 23.2 Å². The van der Waals surface area contributed by atoms with Crippen molar-refractivity contribution in [3.63, 3.8) is 0 Å². The highest BCUT2D eigenvalue weighted by atomic mass is 16.5. The van der Waals surface area contributed by atoms with Crippen LogP contribution < -0.4 is 0 Å². The third-order valence-corrected chi connectivity index (χ3v) is 4.76. The van der Waals surface area contributed by atoms with Gasteiger partial charge in [0, 0.05) is 12.3 Å². The molecule has 1 aromatic carbocycles. The summed E-state index contributed by atoms with van der Waals surface area (Å²) in [4.78, 5) is 9.52. The van der Waals surface area contributed by atoms with E-state index in [4.69, 9.17) is 14.7 Å². The summed E-state index contributed by atoms with van der Waals surface area (Å²) in [5, 5.41) is 0. The molecule has 116 valence electrons. The first-order chi connectivity index (χ1) is 10.5.